The SMILES string of the molecule is c1ccc(-c2ccccc2-c2c(-c3ccccc3)cccc2N(c2ccc(-c3ccc4c(c3)oc3ccccc34)cc2)c2ccc3c(c2)oc2ccccc23)cc1. The van der Waals surface area contributed by atoms with Crippen LogP contribution in [0.2, 0.25) is 0 Å². The van der Waals surface area contributed by atoms with E-state index in [9.17, 15) is 0 Å². The number of fused-ring (bicyclic) bond motifs is 6. The predicted molar refractivity (Wildman–Crippen MR) is 237 cm³/mol. The molecule has 0 N–H and O–H groups in total. The molecule has 11 rings (SSSR count). The van der Waals surface area contributed by atoms with Crippen LogP contribution in [0, 0.1) is 0 Å². The summed E-state index contributed by atoms with van der Waals surface area (Å²) < 4.78 is 12.8. The van der Waals surface area contributed by atoms with Gasteiger partial charge in [-0.25, -0.2) is 0 Å². The van der Waals surface area contributed by atoms with Crippen LogP contribution in [0.15, 0.2) is 221 Å². The highest BCUT2D eigenvalue weighted by molar-refractivity contribution is 6.08. The molecule has 0 spiro atoms. The Bertz CT molecular complexity index is 3230. The molecule has 57 heavy (non-hydrogen) atoms. The Labute approximate surface area is 330 Å². The first kappa shape index (κ1) is 32.8. The van der Waals surface area contributed by atoms with Crippen molar-refractivity contribution < 1.29 is 8.83 Å². The van der Waals surface area contributed by atoms with Crippen LogP contribution in [0.5, 0.6) is 0 Å². The van der Waals surface area contributed by atoms with Crippen LogP contribution >= 0.6 is 0 Å². The quantitative estimate of drug-likeness (QED) is 0.164. The average Bonchev–Trinajstić information content (AvgIpc) is 3.85. The van der Waals surface area contributed by atoms with Gasteiger partial charge in [-0.05, 0) is 93.5 Å². The molecule has 9 aromatic carbocycles. The molecule has 0 unspecified atom stereocenters. The van der Waals surface area contributed by atoms with Crippen molar-refractivity contribution in [2.24, 2.45) is 0 Å². The molecule has 0 radical (unpaired) electrons. The number of hydrogen-bond acceptors (Lipinski definition) is 3. The Morgan fingerprint density at radius 1 is 0.281 bits per heavy atom. The van der Waals surface area contributed by atoms with Gasteiger partial charge in [0.15, 0.2) is 0 Å². The summed E-state index contributed by atoms with van der Waals surface area (Å²) in [4.78, 5) is 2.38. The number of anilines is 3. The Morgan fingerprint density at radius 3 is 1.46 bits per heavy atom. The maximum absolute atomic E-state index is 6.50. The minimum Gasteiger partial charge on any atom is -0.456 e. The number of furan rings is 2. The fraction of sp³-hybridized carbons (Fsp3) is 0. The first-order valence-corrected chi connectivity index (χ1v) is 19.3. The average molecular weight is 730 g/mol. The van der Waals surface area contributed by atoms with E-state index in [0.717, 1.165) is 94.3 Å². The molecule has 0 saturated carbocycles. The molecule has 0 saturated heterocycles. The van der Waals surface area contributed by atoms with Crippen molar-refractivity contribution in [1.82, 2.24) is 0 Å². The Hall–Kier alpha value is -7.62. The molecule has 3 heteroatoms. The Balaban J connectivity index is 1.13. The van der Waals surface area contributed by atoms with Gasteiger partial charge in [0.2, 0.25) is 0 Å². The zero-order valence-corrected chi connectivity index (χ0v) is 31.0. The van der Waals surface area contributed by atoms with E-state index in [1.54, 1.807) is 0 Å². The van der Waals surface area contributed by atoms with Crippen LogP contribution in [0.1, 0.15) is 0 Å². The third-order valence-corrected chi connectivity index (χ3v) is 11.1. The van der Waals surface area contributed by atoms with Gasteiger partial charge in [0.1, 0.15) is 22.3 Å². The standard InChI is InChI=1S/C54H35NO2/c1-3-14-37(15-4-1)42-18-7-8-21-48(42)54-43(38-16-5-2-6-17-38)22-13-23-49(54)55(41-31-33-47-45-20-10-12-25-51(45)57-53(47)35-41)40-29-26-36(27-30-40)39-28-32-46-44-19-9-11-24-50(44)56-52(46)34-39/h1-35H. The number of hydrogen-bond donors (Lipinski definition) is 0. The summed E-state index contributed by atoms with van der Waals surface area (Å²) >= 11 is 0. The van der Waals surface area contributed by atoms with Gasteiger partial charge in [-0.3, -0.25) is 0 Å². The summed E-state index contributed by atoms with van der Waals surface area (Å²) in [6.07, 6.45) is 0. The van der Waals surface area contributed by atoms with Crippen LogP contribution < -0.4 is 4.90 Å². The third kappa shape index (κ3) is 5.68. The summed E-state index contributed by atoms with van der Waals surface area (Å²) in [5, 5.41) is 4.46. The molecular formula is C54H35NO2. The van der Waals surface area contributed by atoms with Gasteiger partial charge in [0, 0.05) is 44.5 Å². The lowest BCUT2D eigenvalue weighted by Gasteiger charge is -2.30. The topological polar surface area (TPSA) is 29.5 Å². The Kier molecular flexibility index (Phi) is 7.82. The first-order valence-electron chi connectivity index (χ1n) is 19.3. The number of para-hydroxylation sites is 2. The molecule has 0 bridgehead atoms. The molecule has 2 aromatic heterocycles. The van der Waals surface area contributed by atoms with Gasteiger partial charge in [-0.2, -0.15) is 0 Å². The summed E-state index contributed by atoms with van der Waals surface area (Å²) in [5.41, 5.74) is 15.8. The molecule has 2 heterocycles. The summed E-state index contributed by atoms with van der Waals surface area (Å²) in [6.45, 7) is 0. The maximum Gasteiger partial charge on any atom is 0.137 e. The second-order valence-corrected chi connectivity index (χ2v) is 14.4. The van der Waals surface area contributed by atoms with Crippen LogP contribution in [0.4, 0.5) is 17.1 Å². The summed E-state index contributed by atoms with van der Waals surface area (Å²) in [7, 11) is 0. The lowest BCUT2D eigenvalue weighted by Crippen LogP contribution is -2.12. The minimum atomic E-state index is 0.847. The summed E-state index contributed by atoms with van der Waals surface area (Å²) in [5.74, 6) is 0. The van der Waals surface area contributed by atoms with Crippen molar-refractivity contribution in [2.75, 3.05) is 4.90 Å². The highest BCUT2D eigenvalue weighted by Crippen LogP contribution is 2.49. The molecule has 0 amide bonds. The van der Waals surface area contributed by atoms with Gasteiger partial charge in [0.05, 0.1) is 5.69 Å². The number of nitrogens with zero attached hydrogens (tertiary/aromatic N) is 1. The van der Waals surface area contributed by atoms with Crippen molar-refractivity contribution in [3.8, 4) is 44.5 Å². The second-order valence-electron chi connectivity index (χ2n) is 14.4. The van der Waals surface area contributed by atoms with Crippen LogP contribution in [0.3, 0.4) is 0 Å². The van der Waals surface area contributed by atoms with E-state index in [4.69, 9.17) is 8.83 Å². The molecule has 3 nitrogen and oxygen atoms in total. The van der Waals surface area contributed by atoms with E-state index in [1.807, 2.05) is 24.3 Å². The molecule has 0 aliphatic carbocycles. The lowest BCUT2D eigenvalue weighted by molar-refractivity contribution is 0.668. The zero-order valence-electron chi connectivity index (χ0n) is 31.0. The van der Waals surface area contributed by atoms with Gasteiger partial charge in [0.25, 0.3) is 0 Å². The van der Waals surface area contributed by atoms with Crippen LogP contribution in [-0.2, 0) is 0 Å². The zero-order chi connectivity index (χ0) is 37.7. The Morgan fingerprint density at radius 2 is 0.772 bits per heavy atom. The molecule has 0 aliphatic heterocycles. The maximum atomic E-state index is 6.50. The van der Waals surface area contributed by atoms with Crippen molar-refractivity contribution >= 4 is 60.9 Å². The normalized spacial score (nSPS) is 11.5. The van der Waals surface area contributed by atoms with Gasteiger partial charge in [-0.15, -0.1) is 0 Å². The molecule has 268 valence electrons. The number of rotatable bonds is 7. The minimum absolute atomic E-state index is 0.847. The number of benzene rings is 9. The monoisotopic (exact) mass is 729 g/mol. The van der Waals surface area contributed by atoms with Crippen molar-refractivity contribution in [3.05, 3.63) is 212 Å². The van der Waals surface area contributed by atoms with E-state index < -0.39 is 0 Å². The van der Waals surface area contributed by atoms with Crippen LogP contribution in [0.25, 0.3) is 88.4 Å². The van der Waals surface area contributed by atoms with E-state index in [2.05, 4.69) is 193 Å². The second kappa shape index (κ2) is 13.6. The molecule has 0 atom stereocenters. The van der Waals surface area contributed by atoms with Crippen molar-refractivity contribution in [2.45, 2.75) is 0 Å². The first-order chi connectivity index (χ1) is 28.3. The van der Waals surface area contributed by atoms with Crippen molar-refractivity contribution in [3.63, 3.8) is 0 Å². The van der Waals surface area contributed by atoms with E-state index >= 15 is 0 Å². The highest BCUT2D eigenvalue weighted by atomic mass is 16.3. The molecule has 0 fully saturated rings. The highest BCUT2D eigenvalue weighted by Gasteiger charge is 2.23. The van der Waals surface area contributed by atoms with E-state index in [-0.39, 0.29) is 0 Å². The van der Waals surface area contributed by atoms with Gasteiger partial charge in [-0.1, -0.05) is 152 Å². The predicted octanol–water partition coefficient (Wildman–Crippen LogP) is 15.6. The molecular weight excluding hydrogens is 695 g/mol. The van der Waals surface area contributed by atoms with Crippen molar-refractivity contribution in [1.29, 1.82) is 0 Å². The smallest absolute Gasteiger partial charge is 0.137 e. The fourth-order valence-electron chi connectivity index (χ4n) is 8.43. The van der Waals surface area contributed by atoms with E-state index in [0.29, 0.717) is 0 Å². The fourth-order valence-corrected chi connectivity index (χ4v) is 8.43. The van der Waals surface area contributed by atoms with Crippen LogP contribution in [-0.4, -0.2) is 0 Å². The lowest BCUT2D eigenvalue weighted by atomic mass is 9.87. The summed E-state index contributed by atoms with van der Waals surface area (Å²) in [6, 6.07) is 75.3. The molecule has 0 aliphatic rings. The van der Waals surface area contributed by atoms with E-state index in [1.165, 1.54) is 11.1 Å². The third-order valence-electron chi connectivity index (χ3n) is 11.1. The molecule has 11 aromatic rings. The van der Waals surface area contributed by atoms with Gasteiger partial charge >= 0.3 is 0 Å². The largest absolute Gasteiger partial charge is 0.456 e. The van der Waals surface area contributed by atoms with Gasteiger partial charge < -0.3 is 13.7 Å².